The summed E-state index contributed by atoms with van der Waals surface area (Å²) in [6.07, 6.45) is 2.29. The summed E-state index contributed by atoms with van der Waals surface area (Å²) in [4.78, 5) is 0. The average molecular weight is 235 g/mol. The second kappa shape index (κ2) is 7.33. The van der Waals surface area contributed by atoms with Crippen molar-refractivity contribution in [3.63, 3.8) is 0 Å². The molecule has 0 saturated heterocycles. The Balaban J connectivity index is 2.69. The minimum Gasteiger partial charge on any atom is -0.493 e. The summed E-state index contributed by atoms with van der Waals surface area (Å²) < 4.78 is 5.90. The van der Waals surface area contributed by atoms with Crippen molar-refractivity contribution in [2.45, 2.75) is 53.1 Å². The second-order valence-corrected chi connectivity index (χ2v) is 4.80. The van der Waals surface area contributed by atoms with Gasteiger partial charge in [0.15, 0.2) is 0 Å². The van der Waals surface area contributed by atoms with Crippen LogP contribution in [-0.4, -0.2) is 12.6 Å². The Hall–Kier alpha value is -1.02. The van der Waals surface area contributed by atoms with E-state index in [0.29, 0.717) is 6.04 Å². The second-order valence-electron chi connectivity index (χ2n) is 4.80. The van der Waals surface area contributed by atoms with Crippen LogP contribution in [0.4, 0.5) is 0 Å². The van der Waals surface area contributed by atoms with E-state index in [2.05, 4.69) is 51.2 Å². The molecular weight excluding hydrogens is 210 g/mol. The minimum absolute atomic E-state index is 0.499. The highest BCUT2D eigenvalue weighted by Crippen LogP contribution is 2.23. The molecule has 2 heteroatoms. The van der Waals surface area contributed by atoms with Crippen LogP contribution in [0.15, 0.2) is 18.2 Å². The Morgan fingerprint density at radius 3 is 2.71 bits per heavy atom. The summed E-state index contributed by atoms with van der Waals surface area (Å²) in [5.41, 5.74) is 2.49. The molecule has 0 fully saturated rings. The number of ether oxygens (including phenoxy) is 1. The van der Waals surface area contributed by atoms with Gasteiger partial charge in [0.1, 0.15) is 5.75 Å². The molecule has 96 valence electrons. The SMILES string of the molecule is CCCCOc1c(C)cccc1CNC(C)C. The molecule has 0 heterocycles. The lowest BCUT2D eigenvalue weighted by Gasteiger charge is -2.15. The van der Waals surface area contributed by atoms with Gasteiger partial charge in [0.05, 0.1) is 6.61 Å². The fourth-order valence-electron chi connectivity index (χ4n) is 1.69. The summed E-state index contributed by atoms with van der Waals surface area (Å²) in [7, 11) is 0. The van der Waals surface area contributed by atoms with Gasteiger partial charge in [-0.15, -0.1) is 0 Å². The monoisotopic (exact) mass is 235 g/mol. The Kier molecular flexibility index (Phi) is 6.06. The van der Waals surface area contributed by atoms with Crippen LogP contribution < -0.4 is 10.1 Å². The van der Waals surface area contributed by atoms with Crippen molar-refractivity contribution in [3.05, 3.63) is 29.3 Å². The summed E-state index contributed by atoms with van der Waals surface area (Å²) in [5.74, 6) is 1.06. The van der Waals surface area contributed by atoms with E-state index < -0.39 is 0 Å². The first-order chi connectivity index (χ1) is 8.15. The van der Waals surface area contributed by atoms with Crippen molar-refractivity contribution in [3.8, 4) is 5.75 Å². The number of nitrogens with one attached hydrogen (secondary N) is 1. The summed E-state index contributed by atoms with van der Waals surface area (Å²) in [6.45, 7) is 10.3. The lowest BCUT2D eigenvalue weighted by atomic mass is 10.1. The molecule has 0 spiro atoms. The Labute approximate surface area is 105 Å². The number of aryl methyl sites for hydroxylation is 1. The molecule has 1 N–H and O–H groups in total. The highest BCUT2D eigenvalue weighted by atomic mass is 16.5. The van der Waals surface area contributed by atoms with Gasteiger partial charge in [-0.05, 0) is 18.9 Å². The van der Waals surface area contributed by atoms with E-state index in [1.807, 2.05) is 0 Å². The first kappa shape index (κ1) is 14.0. The molecule has 0 aromatic heterocycles. The summed E-state index contributed by atoms with van der Waals surface area (Å²) in [5, 5.41) is 3.44. The van der Waals surface area contributed by atoms with Gasteiger partial charge in [-0.1, -0.05) is 45.4 Å². The molecule has 0 aliphatic rings. The normalized spacial score (nSPS) is 10.9. The maximum Gasteiger partial charge on any atom is 0.126 e. The Morgan fingerprint density at radius 1 is 1.29 bits per heavy atom. The fourth-order valence-corrected chi connectivity index (χ4v) is 1.69. The van der Waals surface area contributed by atoms with Crippen LogP contribution in [0.25, 0.3) is 0 Å². The number of rotatable bonds is 7. The zero-order valence-corrected chi connectivity index (χ0v) is 11.5. The van der Waals surface area contributed by atoms with Crippen molar-refractivity contribution in [2.75, 3.05) is 6.61 Å². The van der Waals surface area contributed by atoms with Crippen LogP contribution >= 0.6 is 0 Å². The molecule has 2 nitrogen and oxygen atoms in total. The van der Waals surface area contributed by atoms with Crippen molar-refractivity contribution >= 4 is 0 Å². The Morgan fingerprint density at radius 2 is 2.06 bits per heavy atom. The first-order valence-corrected chi connectivity index (χ1v) is 6.59. The lowest BCUT2D eigenvalue weighted by Crippen LogP contribution is -2.22. The van der Waals surface area contributed by atoms with Crippen LogP contribution in [-0.2, 0) is 6.54 Å². The molecule has 0 amide bonds. The lowest BCUT2D eigenvalue weighted by molar-refractivity contribution is 0.303. The molecule has 1 rings (SSSR count). The zero-order chi connectivity index (χ0) is 12.7. The van der Waals surface area contributed by atoms with Gasteiger partial charge in [-0.25, -0.2) is 0 Å². The summed E-state index contributed by atoms with van der Waals surface area (Å²) in [6, 6.07) is 6.85. The van der Waals surface area contributed by atoms with E-state index in [-0.39, 0.29) is 0 Å². The number of para-hydroxylation sites is 1. The van der Waals surface area contributed by atoms with Crippen LogP contribution in [0.5, 0.6) is 5.75 Å². The number of hydrogen-bond donors (Lipinski definition) is 1. The standard InChI is InChI=1S/C15H25NO/c1-5-6-10-17-15-13(4)8-7-9-14(15)11-16-12(2)3/h7-9,12,16H,5-6,10-11H2,1-4H3. The average Bonchev–Trinajstić information content (AvgIpc) is 2.29. The predicted octanol–water partition coefficient (Wildman–Crippen LogP) is 3.67. The quantitative estimate of drug-likeness (QED) is 0.728. The van der Waals surface area contributed by atoms with Gasteiger partial charge in [0.25, 0.3) is 0 Å². The van der Waals surface area contributed by atoms with Gasteiger partial charge < -0.3 is 10.1 Å². The molecule has 0 saturated carbocycles. The van der Waals surface area contributed by atoms with Crippen LogP contribution in [0.2, 0.25) is 0 Å². The maximum atomic E-state index is 5.90. The van der Waals surface area contributed by atoms with Crippen LogP contribution in [0.3, 0.4) is 0 Å². The van der Waals surface area contributed by atoms with E-state index in [4.69, 9.17) is 4.74 Å². The third kappa shape index (κ3) is 4.78. The van der Waals surface area contributed by atoms with Crippen LogP contribution in [0, 0.1) is 6.92 Å². The smallest absolute Gasteiger partial charge is 0.126 e. The predicted molar refractivity (Wildman–Crippen MR) is 73.6 cm³/mol. The molecule has 0 unspecified atom stereocenters. The van der Waals surface area contributed by atoms with Gasteiger partial charge in [0.2, 0.25) is 0 Å². The van der Waals surface area contributed by atoms with Crippen molar-refractivity contribution < 1.29 is 4.74 Å². The van der Waals surface area contributed by atoms with E-state index in [9.17, 15) is 0 Å². The zero-order valence-electron chi connectivity index (χ0n) is 11.5. The van der Waals surface area contributed by atoms with Crippen molar-refractivity contribution in [2.24, 2.45) is 0 Å². The number of unbranched alkanes of at least 4 members (excludes halogenated alkanes) is 1. The highest BCUT2D eigenvalue weighted by Gasteiger charge is 2.07. The highest BCUT2D eigenvalue weighted by molar-refractivity contribution is 5.40. The molecular formula is C15H25NO. The molecule has 0 bridgehead atoms. The molecule has 0 aliphatic carbocycles. The van der Waals surface area contributed by atoms with E-state index >= 15 is 0 Å². The van der Waals surface area contributed by atoms with Crippen molar-refractivity contribution in [1.29, 1.82) is 0 Å². The fraction of sp³-hybridized carbons (Fsp3) is 0.600. The van der Waals surface area contributed by atoms with E-state index in [1.165, 1.54) is 17.5 Å². The molecule has 0 atom stereocenters. The molecule has 0 radical (unpaired) electrons. The van der Waals surface area contributed by atoms with Gasteiger partial charge in [0, 0.05) is 18.2 Å². The van der Waals surface area contributed by atoms with E-state index in [1.54, 1.807) is 0 Å². The number of hydrogen-bond acceptors (Lipinski definition) is 2. The topological polar surface area (TPSA) is 21.3 Å². The third-order valence-electron chi connectivity index (χ3n) is 2.74. The molecule has 0 aliphatic heterocycles. The van der Waals surface area contributed by atoms with Gasteiger partial charge in [-0.2, -0.15) is 0 Å². The minimum atomic E-state index is 0.499. The first-order valence-electron chi connectivity index (χ1n) is 6.59. The third-order valence-corrected chi connectivity index (χ3v) is 2.74. The van der Waals surface area contributed by atoms with Crippen molar-refractivity contribution in [1.82, 2.24) is 5.32 Å². The van der Waals surface area contributed by atoms with Gasteiger partial charge >= 0.3 is 0 Å². The van der Waals surface area contributed by atoms with Gasteiger partial charge in [-0.3, -0.25) is 0 Å². The summed E-state index contributed by atoms with van der Waals surface area (Å²) >= 11 is 0. The Bertz CT molecular complexity index is 334. The maximum absolute atomic E-state index is 5.90. The van der Waals surface area contributed by atoms with E-state index in [0.717, 1.165) is 25.3 Å². The largest absolute Gasteiger partial charge is 0.493 e. The molecule has 1 aromatic rings. The number of benzene rings is 1. The molecule has 17 heavy (non-hydrogen) atoms. The molecule has 1 aromatic carbocycles. The van der Waals surface area contributed by atoms with Crippen LogP contribution in [0.1, 0.15) is 44.7 Å².